The number of nitrogens with one attached hydrogen (secondary N) is 1. The second kappa shape index (κ2) is 7.48. The summed E-state index contributed by atoms with van der Waals surface area (Å²) >= 11 is 0. The van der Waals surface area contributed by atoms with Crippen molar-refractivity contribution in [1.29, 1.82) is 0 Å². The summed E-state index contributed by atoms with van der Waals surface area (Å²) in [6.45, 7) is 2.54. The molecule has 0 aromatic heterocycles. The Bertz CT molecular complexity index is 581. The van der Waals surface area contributed by atoms with Crippen molar-refractivity contribution < 1.29 is 9.53 Å². The van der Waals surface area contributed by atoms with Crippen LogP contribution in [0.4, 0.5) is 0 Å². The smallest absolute Gasteiger partial charge is 0.227 e. The predicted octanol–water partition coefficient (Wildman–Crippen LogP) is 3.51. The molecule has 0 radical (unpaired) electrons. The zero-order valence-corrected chi connectivity index (χ0v) is 12.5. The summed E-state index contributed by atoms with van der Waals surface area (Å²) in [7, 11) is 1.64. The standard InChI is InChI=1S/C18H21NO2/c1-3-17(15-9-5-4-6-10-15)18(20)19-13-14-8-7-11-16(12-14)21-2/h4-12,17H,3,13H2,1-2H3,(H,19,20). The maximum Gasteiger partial charge on any atom is 0.227 e. The van der Waals surface area contributed by atoms with Crippen molar-refractivity contribution in [2.45, 2.75) is 25.8 Å². The Kier molecular flexibility index (Phi) is 5.38. The van der Waals surface area contributed by atoms with E-state index in [2.05, 4.69) is 5.32 Å². The third-order valence-electron chi connectivity index (χ3n) is 3.53. The first-order valence-electron chi connectivity index (χ1n) is 7.20. The highest BCUT2D eigenvalue weighted by molar-refractivity contribution is 5.83. The van der Waals surface area contributed by atoms with E-state index in [4.69, 9.17) is 4.74 Å². The van der Waals surface area contributed by atoms with Crippen LogP contribution in [0.25, 0.3) is 0 Å². The number of carbonyl (C=O) groups excluding carboxylic acids is 1. The highest BCUT2D eigenvalue weighted by Crippen LogP contribution is 2.19. The van der Waals surface area contributed by atoms with Gasteiger partial charge in [0.2, 0.25) is 5.91 Å². The van der Waals surface area contributed by atoms with Crippen LogP contribution in [0.3, 0.4) is 0 Å². The van der Waals surface area contributed by atoms with E-state index >= 15 is 0 Å². The molecule has 3 nitrogen and oxygen atoms in total. The lowest BCUT2D eigenvalue weighted by molar-refractivity contribution is -0.122. The van der Waals surface area contributed by atoms with Gasteiger partial charge >= 0.3 is 0 Å². The van der Waals surface area contributed by atoms with E-state index in [9.17, 15) is 4.79 Å². The molecule has 0 spiro atoms. The molecule has 1 N–H and O–H groups in total. The summed E-state index contributed by atoms with van der Waals surface area (Å²) in [6.07, 6.45) is 0.786. The Morgan fingerprint density at radius 3 is 2.57 bits per heavy atom. The Morgan fingerprint density at radius 1 is 1.14 bits per heavy atom. The molecule has 0 fully saturated rings. The van der Waals surface area contributed by atoms with Gasteiger partial charge in [-0.05, 0) is 29.7 Å². The Hall–Kier alpha value is -2.29. The van der Waals surface area contributed by atoms with Gasteiger partial charge in [0.25, 0.3) is 0 Å². The molecule has 2 aromatic carbocycles. The Balaban J connectivity index is 2.00. The molecule has 1 unspecified atom stereocenters. The highest BCUT2D eigenvalue weighted by Gasteiger charge is 2.17. The first-order valence-corrected chi connectivity index (χ1v) is 7.20. The molecule has 1 atom stereocenters. The number of hydrogen-bond acceptors (Lipinski definition) is 2. The van der Waals surface area contributed by atoms with Crippen molar-refractivity contribution in [3.8, 4) is 5.75 Å². The number of hydrogen-bond donors (Lipinski definition) is 1. The summed E-state index contributed by atoms with van der Waals surface area (Å²) in [6, 6.07) is 17.6. The molecule has 0 saturated heterocycles. The van der Waals surface area contributed by atoms with E-state index in [-0.39, 0.29) is 11.8 Å². The van der Waals surface area contributed by atoms with E-state index < -0.39 is 0 Å². The van der Waals surface area contributed by atoms with Gasteiger partial charge in [0.05, 0.1) is 13.0 Å². The lowest BCUT2D eigenvalue weighted by Gasteiger charge is -2.15. The predicted molar refractivity (Wildman–Crippen MR) is 84.3 cm³/mol. The second-order valence-electron chi connectivity index (χ2n) is 4.94. The lowest BCUT2D eigenvalue weighted by Crippen LogP contribution is -2.28. The minimum Gasteiger partial charge on any atom is -0.497 e. The second-order valence-corrected chi connectivity index (χ2v) is 4.94. The minimum absolute atomic E-state index is 0.0616. The Labute approximate surface area is 126 Å². The first kappa shape index (κ1) is 15.1. The van der Waals surface area contributed by atoms with Crippen LogP contribution in [-0.4, -0.2) is 13.0 Å². The van der Waals surface area contributed by atoms with Crippen LogP contribution in [0.5, 0.6) is 5.75 Å². The van der Waals surface area contributed by atoms with Crippen LogP contribution < -0.4 is 10.1 Å². The van der Waals surface area contributed by atoms with Gasteiger partial charge in [-0.25, -0.2) is 0 Å². The van der Waals surface area contributed by atoms with Gasteiger partial charge < -0.3 is 10.1 Å². The van der Waals surface area contributed by atoms with Crippen LogP contribution in [0, 0.1) is 0 Å². The number of benzene rings is 2. The average Bonchev–Trinajstić information content (AvgIpc) is 2.55. The molecule has 0 heterocycles. The topological polar surface area (TPSA) is 38.3 Å². The molecule has 3 heteroatoms. The van der Waals surface area contributed by atoms with E-state index in [1.54, 1.807) is 7.11 Å². The van der Waals surface area contributed by atoms with Gasteiger partial charge in [-0.15, -0.1) is 0 Å². The number of carbonyl (C=O) groups is 1. The van der Waals surface area contributed by atoms with Gasteiger partial charge in [0.1, 0.15) is 5.75 Å². The van der Waals surface area contributed by atoms with Crippen LogP contribution >= 0.6 is 0 Å². The number of ether oxygens (including phenoxy) is 1. The lowest BCUT2D eigenvalue weighted by atomic mass is 9.95. The maximum atomic E-state index is 12.4. The molecule has 0 aliphatic rings. The van der Waals surface area contributed by atoms with Crippen LogP contribution in [-0.2, 0) is 11.3 Å². The third-order valence-corrected chi connectivity index (χ3v) is 3.53. The number of rotatable bonds is 6. The molecular weight excluding hydrogens is 262 g/mol. The van der Waals surface area contributed by atoms with Crippen molar-refractivity contribution in [2.24, 2.45) is 0 Å². The zero-order chi connectivity index (χ0) is 15.1. The van der Waals surface area contributed by atoms with Gasteiger partial charge in [-0.3, -0.25) is 4.79 Å². The van der Waals surface area contributed by atoms with Crippen LogP contribution in [0.2, 0.25) is 0 Å². The zero-order valence-electron chi connectivity index (χ0n) is 12.5. The molecule has 110 valence electrons. The van der Waals surface area contributed by atoms with Gasteiger partial charge in [0.15, 0.2) is 0 Å². The van der Waals surface area contributed by atoms with E-state index in [1.807, 2.05) is 61.5 Å². The fourth-order valence-corrected chi connectivity index (χ4v) is 2.35. The fraction of sp³-hybridized carbons (Fsp3) is 0.278. The van der Waals surface area contributed by atoms with Crippen molar-refractivity contribution >= 4 is 5.91 Å². The molecule has 1 amide bonds. The highest BCUT2D eigenvalue weighted by atomic mass is 16.5. The van der Waals surface area contributed by atoms with Gasteiger partial charge in [-0.1, -0.05) is 49.4 Å². The average molecular weight is 283 g/mol. The minimum atomic E-state index is -0.100. The Morgan fingerprint density at radius 2 is 1.90 bits per heavy atom. The van der Waals surface area contributed by atoms with Crippen molar-refractivity contribution in [3.63, 3.8) is 0 Å². The number of amides is 1. The molecular formula is C18H21NO2. The molecule has 0 bridgehead atoms. The van der Waals surface area contributed by atoms with Crippen molar-refractivity contribution in [3.05, 3.63) is 65.7 Å². The van der Waals surface area contributed by atoms with Crippen LogP contribution in [0.1, 0.15) is 30.4 Å². The van der Waals surface area contributed by atoms with E-state index in [0.29, 0.717) is 6.54 Å². The SMILES string of the molecule is CCC(C(=O)NCc1cccc(OC)c1)c1ccccc1. The molecule has 2 rings (SSSR count). The van der Waals surface area contributed by atoms with Crippen LogP contribution in [0.15, 0.2) is 54.6 Å². The largest absolute Gasteiger partial charge is 0.497 e. The molecule has 21 heavy (non-hydrogen) atoms. The summed E-state index contributed by atoms with van der Waals surface area (Å²) in [4.78, 5) is 12.4. The fourth-order valence-electron chi connectivity index (χ4n) is 2.35. The monoisotopic (exact) mass is 283 g/mol. The van der Waals surface area contributed by atoms with E-state index in [1.165, 1.54) is 0 Å². The summed E-state index contributed by atoms with van der Waals surface area (Å²) in [5, 5.41) is 3.01. The third kappa shape index (κ3) is 4.09. The molecule has 0 aliphatic heterocycles. The quantitative estimate of drug-likeness (QED) is 0.881. The number of methoxy groups -OCH3 is 1. The maximum absolute atomic E-state index is 12.4. The van der Waals surface area contributed by atoms with E-state index in [0.717, 1.165) is 23.3 Å². The van der Waals surface area contributed by atoms with Crippen molar-refractivity contribution in [2.75, 3.05) is 7.11 Å². The summed E-state index contributed by atoms with van der Waals surface area (Å²) in [5.74, 6) is 0.764. The van der Waals surface area contributed by atoms with Gasteiger partial charge in [0, 0.05) is 6.54 Å². The molecule has 0 saturated carbocycles. The summed E-state index contributed by atoms with van der Waals surface area (Å²) in [5.41, 5.74) is 2.09. The van der Waals surface area contributed by atoms with Gasteiger partial charge in [-0.2, -0.15) is 0 Å². The molecule has 0 aliphatic carbocycles. The first-order chi connectivity index (χ1) is 10.2. The normalized spacial score (nSPS) is 11.7. The van der Waals surface area contributed by atoms with Crippen molar-refractivity contribution in [1.82, 2.24) is 5.32 Å². The summed E-state index contributed by atoms with van der Waals surface area (Å²) < 4.78 is 5.19. The molecule has 2 aromatic rings.